The Morgan fingerprint density at radius 3 is 2.77 bits per heavy atom. The van der Waals surface area contributed by atoms with Gasteiger partial charge in [-0.05, 0) is 42.7 Å². The number of hydrogen-bond acceptors (Lipinski definition) is 5. The van der Waals surface area contributed by atoms with E-state index in [9.17, 15) is 17.2 Å². The third kappa shape index (κ3) is 2.75. The number of H-pyrrole nitrogens is 1. The van der Waals surface area contributed by atoms with Crippen molar-refractivity contribution in [3.8, 4) is 5.75 Å². The van der Waals surface area contributed by atoms with E-state index in [1.807, 2.05) is 0 Å². The molecule has 4 rings (SSSR count). The Balaban J connectivity index is 1.83. The van der Waals surface area contributed by atoms with Crippen LogP contribution in [0.3, 0.4) is 0 Å². The van der Waals surface area contributed by atoms with E-state index in [4.69, 9.17) is 0 Å². The first kappa shape index (κ1) is 16.7. The molecule has 1 aromatic heterocycles. The molecule has 2 aromatic carbocycles. The van der Waals surface area contributed by atoms with E-state index in [0.717, 1.165) is 4.31 Å². The summed E-state index contributed by atoms with van der Waals surface area (Å²) in [6, 6.07) is 9.01. The Morgan fingerprint density at radius 1 is 1.15 bits per heavy atom. The van der Waals surface area contributed by atoms with Gasteiger partial charge in [0.15, 0.2) is 5.75 Å². The van der Waals surface area contributed by atoms with E-state index in [1.165, 1.54) is 24.3 Å². The summed E-state index contributed by atoms with van der Waals surface area (Å²) in [5.41, 5.74) is 1.75. The maximum Gasteiger partial charge on any atom is 0.387 e. The van der Waals surface area contributed by atoms with Crippen molar-refractivity contribution in [2.24, 2.45) is 0 Å². The number of aryl methyl sites for hydroxylation is 1. The van der Waals surface area contributed by atoms with E-state index < -0.39 is 16.6 Å². The number of alkyl halides is 2. The van der Waals surface area contributed by atoms with E-state index in [2.05, 4.69) is 20.1 Å². The lowest BCUT2D eigenvalue weighted by molar-refractivity contribution is -0.0495. The number of halogens is 2. The molecule has 0 amide bonds. The van der Waals surface area contributed by atoms with Gasteiger partial charge in [-0.3, -0.25) is 4.31 Å². The van der Waals surface area contributed by atoms with Crippen LogP contribution in [0.25, 0.3) is 11.0 Å². The number of rotatable bonds is 4. The Bertz CT molecular complexity index is 1070. The first-order valence-corrected chi connectivity index (χ1v) is 9.31. The molecule has 0 atom stereocenters. The van der Waals surface area contributed by atoms with Crippen LogP contribution in [0.4, 0.5) is 14.5 Å². The van der Waals surface area contributed by atoms with Crippen molar-refractivity contribution in [3.05, 3.63) is 42.0 Å². The fraction of sp³-hybridized carbons (Fsp3) is 0.250. The number of hydrogen-bond donors (Lipinski definition) is 1. The van der Waals surface area contributed by atoms with E-state index >= 15 is 0 Å². The average molecular weight is 380 g/mol. The number of aromatic amines is 1. The first-order chi connectivity index (χ1) is 12.5. The Labute approximate surface area is 147 Å². The lowest BCUT2D eigenvalue weighted by Crippen LogP contribution is -2.36. The topological polar surface area (TPSA) is 88.2 Å². The van der Waals surface area contributed by atoms with E-state index in [0.29, 0.717) is 29.4 Å². The molecule has 1 aliphatic rings. The second-order valence-corrected chi connectivity index (χ2v) is 7.66. The Morgan fingerprint density at radius 2 is 1.96 bits per heavy atom. The lowest BCUT2D eigenvalue weighted by atomic mass is 10.0. The van der Waals surface area contributed by atoms with Crippen LogP contribution >= 0.6 is 0 Å². The molecule has 10 heteroatoms. The number of sulfonamides is 1. The van der Waals surface area contributed by atoms with Gasteiger partial charge in [-0.25, -0.2) is 8.42 Å². The zero-order chi connectivity index (χ0) is 18.3. The fourth-order valence-corrected chi connectivity index (χ4v) is 4.69. The zero-order valence-corrected chi connectivity index (χ0v) is 14.2. The van der Waals surface area contributed by atoms with Crippen LogP contribution < -0.4 is 9.04 Å². The fourth-order valence-electron chi connectivity index (χ4n) is 3.12. The van der Waals surface area contributed by atoms with Crippen molar-refractivity contribution in [1.82, 2.24) is 15.4 Å². The normalized spacial score (nSPS) is 14.7. The summed E-state index contributed by atoms with van der Waals surface area (Å²) in [5, 5.41) is 10.2. The largest absolute Gasteiger partial charge is 0.433 e. The van der Waals surface area contributed by atoms with Crippen LogP contribution in [0, 0.1) is 0 Å². The number of ether oxygens (including phenoxy) is 1. The predicted octanol–water partition coefficient (Wildman–Crippen LogP) is 2.70. The predicted molar refractivity (Wildman–Crippen MR) is 89.8 cm³/mol. The maximum absolute atomic E-state index is 13.2. The second-order valence-electron chi connectivity index (χ2n) is 5.80. The van der Waals surface area contributed by atoms with Gasteiger partial charge in [0.1, 0.15) is 11.0 Å². The highest BCUT2D eigenvalue weighted by molar-refractivity contribution is 7.92. The van der Waals surface area contributed by atoms with Crippen LogP contribution in [-0.4, -0.2) is 37.0 Å². The van der Waals surface area contributed by atoms with Gasteiger partial charge in [0.05, 0.1) is 10.6 Å². The van der Waals surface area contributed by atoms with Crippen LogP contribution in [0.1, 0.15) is 12.0 Å². The van der Waals surface area contributed by atoms with Crippen LogP contribution in [-0.2, 0) is 16.4 Å². The Kier molecular flexibility index (Phi) is 3.98. The molecule has 0 radical (unpaired) electrons. The van der Waals surface area contributed by atoms with Crippen molar-refractivity contribution in [3.63, 3.8) is 0 Å². The molecule has 0 bridgehead atoms. The number of nitrogens with zero attached hydrogens (tertiary/aromatic N) is 3. The molecule has 7 nitrogen and oxygen atoms in total. The minimum Gasteiger partial charge on any atom is -0.433 e. The maximum atomic E-state index is 13.2. The highest BCUT2D eigenvalue weighted by Crippen LogP contribution is 2.40. The molecule has 26 heavy (non-hydrogen) atoms. The summed E-state index contributed by atoms with van der Waals surface area (Å²) >= 11 is 0. The van der Waals surface area contributed by atoms with E-state index in [1.54, 1.807) is 12.1 Å². The summed E-state index contributed by atoms with van der Waals surface area (Å²) in [6.45, 7) is -2.87. The molecule has 2 heterocycles. The molecule has 0 saturated carbocycles. The van der Waals surface area contributed by atoms with Crippen molar-refractivity contribution in [1.29, 1.82) is 0 Å². The smallest absolute Gasteiger partial charge is 0.387 e. The van der Waals surface area contributed by atoms with Crippen molar-refractivity contribution >= 4 is 26.7 Å². The molecule has 136 valence electrons. The number of para-hydroxylation sites is 1. The summed E-state index contributed by atoms with van der Waals surface area (Å²) < 4.78 is 57.6. The number of fused-ring (bicyclic) bond motifs is 2. The molecule has 1 N–H and O–H groups in total. The van der Waals surface area contributed by atoms with Gasteiger partial charge in [-0.15, -0.1) is 0 Å². The molecule has 1 aliphatic heterocycles. The number of anilines is 1. The van der Waals surface area contributed by atoms with Crippen molar-refractivity contribution in [2.45, 2.75) is 24.3 Å². The molecule has 0 fully saturated rings. The number of benzene rings is 2. The van der Waals surface area contributed by atoms with Crippen molar-refractivity contribution in [2.75, 3.05) is 10.8 Å². The third-order valence-electron chi connectivity index (χ3n) is 4.23. The molecule has 0 unspecified atom stereocenters. The van der Waals surface area contributed by atoms with Gasteiger partial charge in [-0.2, -0.15) is 24.2 Å². The molecular weight excluding hydrogens is 366 g/mol. The number of aromatic nitrogens is 3. The minimum absolute atomic E-state index is 0.0126. The standard InChI is InChI=1S/C16H14F2N4O3S/c17-16(18)25-14-5-1-3-10-4-2-8-22(15(10)14)26(23,24)11-6-7-12-13(9-11)20-21-19-12/h1,3,5-7,9,16H,2,4,8H2,(H,19,20,21). The summed E-state index contributed by atoms with van der Waals surface area (Å²) in [4.78, 5) is 0.0126. The molecular formula is C16H14F2N4O3S. The van der Waals surface area contributed by atoms with Gasteiger partial charge in [0.25, 0.3) is 10.0 Å². The SMILES string of the molecule is O=S(=O)(c1ccc2n[nH]nc2c1)N1CCCc2cccc(OC(F)F)c21. The van der Waals surface area contributed by atoms with E-state index in [-0.39, 0.29) is 22.9 Å². The van der Waals surface area contributed by atoms with Gasteiger partial charge in [0.2, 0.25) is 0 Å². The highest BCUT2D eigenvalue weighted by atomic mass is 32.2. The molecule has 3 aromatic rings. The summed E-state index contributed by atoms with van der Waals surface area (Å²) in [7, 11) is -3.98. The quantitative estimate of drug-likeness (QED) is 0.752. The van der Waals surface area contributed by atoms with Crippen molar-refractivity contribution < 1.29 is 21.9 Å². The second kappa shape index (κ2) is 6.20. The lowest BCUT2D eigenvalue weighted by Gasteiger charge is -2.31. The minimum atomic E-state index is -3.98. The van der Waals surface area contributed by atoms with Gasteiger partial charge < -0.3 is 4.74 Å². The average Bonchev–Trinajstić information content (AvgIpc) is 3.08. The molecule has 0 spiro atoms. The molecule has 0 saturated heterocycles. The molecule has 0 aliphatic carbocycles. The van der Waals surface area contributed by atoms with Crippen LogP contribution in [0.2, 0.25) is 0 Å². The zero-order valence-electron chi connectivity index (χ0n) is 13.4. The summed E-state index contributed by atoms with van der Waals surface area (Å²) in [5.74, 6) is -0.150. The first-order valence-electron chi connectivity index (χ1n) is 7.87. The Hall–Kier alpha value is -2.75. The summed E-state index contributed by atoms with van der Waals surface area (Å²) in [6.07, 6.45) is 1.17. The van der Waals surface area contributed by atoms with Crippen LogP contribution in [0.15, 0.2) is 41.3 Å². The monoisotopic (exact) mass is 380 g/mol. The highest BCUT2D eigenvalue weighted by Gasteiger charge is 2.32. The number of nitrogens with one attached hydrogen (secondary N) is 1. The van der Waals surface area contributed by atoms with Crippen LogP contribution in [0.5, 0.6) is 5.75 Å². The van der Waals surface area contributed by atoms with Gasteiger partial charge >= 0.3 is 6.61 Å². The van der Waals surface area contributed by atoms with Gasteiger partial charge in [-0.1, -0.05) is 12.1 Å². The van der Waals surface area contributed by atoms with Gasteiger partial charge in [0, 0.05) is 6.54 Å². The third-order valence-corrected chi connectivity index (χ3v) is 6.03.